The number of carbonyl (C=O) groups is 2. The van der Waals surface area contributed by atoms with Crippen molar-refractivity contribution in [1.29, 1.82) is 0 Å². The zero-order valence-electron chi connectivity index (χ0n) is 17.7. The van der Waals surface area contributed by atoms with Crippen LogP contribution in [-0.4, -0.2) is 38.7 Å². The second kappa shape index (κ2) is 7.76. The summed E-state index contributed by atoms with van der Waals surface area (Å²) >= 11 is 0. The predicted octanol–water partition coefficient (Wildman–Crippen LogP) is 3.75. The summed E-state index contributed by atoms with van der Waals surface area (Å²) in [5, 5.41) is 3.09. The summed E-state index contributed by atoms with van der Waals surface area (Å²) < 4.78 is 11.5. The molecule has 0 spiro atoms. The number of hydrogen-bond donors (Lipinski definition) is 1. The molecule has 2 aliphatic heterocycles. The fourth-order valence-corrected chi connectivity index (χ4v) is 4.24. The Morgan fingerprint density at radius 1 is 1.07 bits per heavy atom. The Hall–Kier alpha value is -2.86. The van der Waals surface area contributed by atoms with Crippen molar-refractivity contribution in [1.82, 2.24) is 0 Å². The highest BCUT2D eigenvalue weighted by Gasteiger charge is 2.42. The standard InChI is InChI=1S/C24H28N2O4/c1-23(2)16-30-20-15-18(9-10-19(20)26(3)22(23)28)25-21(27)24(11-13-29-14-12-24)17-7-5-4-6-8-17/h4-10,15H,11-14,16H2,1-3H3,(H,25,27). The van der Waals surface area contributed by atoms with Crippen molar-refractivity contribution in [3.63, 3.8) is 0 Å². The van der Waals surface area contributed by atoms with E-state index in [9.17, 15) is 9.59 Å². The second-order valence-corrected chi connectivity index (χ2v) is 8.73. The van der Waals surface area contributed by atoms with Crippen LogP contribution in [0.25, 0.3) is 0 Å². The average Bonchev–Trinajstić information content (AvgIpc) is 2.85. The van der Waals surface area contributed by atoms with Crippen LogP contribution in [0.4, 0.5) is 11.4 Å². The summed E-state index contributed by atoms with van der Waals surface area (Å²) in [6, 6.07) is 15.3. The fraction of sp³-hybridized carbons (Fsp3) is 0.417. The molecule has 158 valence electrons. The van der Waals surface area contributed by atoms with Crippen LogP contribution in [0.5, 0.6) is 5.75 Å². The van der Waals surface area contributed by atoms with Crippen molar-refractivity contribution in [2.24, 2.45) is 5.41 Å². The maximum Gasteiger partial charge on any atom is 0.235 e. The summed E-state index contributed by atoms with van der Waals surface area (Å²) in [6.07, 6.45) is 1.27. The molecule has 0 unspecified atom stereocenters. The van der Waals surface area contributed by atoms with Crippen molar-refractivity contribution in [3.8, 4) is 5.75 Å². The molecule has 30 heavy (non-hydrogen) atoms. The first kappa shape index (κ1) is 20.4. The number of benzene rings is 2. The summed E-state index contributed by atoms with van der Waals surface area (Å²) in [4.78, 5) is 27.8. The Morgan fingerprint density at radius 3 is 2.47 bits per heavy atom. The largest absolute Gasteiger partial charge is 0.490 e. The van der Waals surface area contributed by atoms with E-state index in [1.54, 1.807) is 18.0 Å². The van der Waals surface area contributed by atoms with Crippen LogP contribution in [0.1, 0.15) is 32.3 Å². The summed E-state index contributed by atoms with van der Waals surface area (Å²) in [6.45, 7) is 5.13. The molecule has 6 heteroatoms. The number of hydrogen-bond acceptors (Lipinski definition) is 4. The number of ether oxygens (including phenoxy) is 2. The summed E-state index contributed by atoms with van der Waals surface area (Å²) in [7, 11) is 1.75. The van der Waals surface area contributed by atoms with Crippen LogP contribution in [0.15, 0.2) is 48.5 Å². The average molecular weight is 408 g/mol. The van der Waals surface area contributed by atoms with E-state index >= 15 is 0 Å². The third-order valence-electron chi connectivity index (χ3n) is 6.16. The van der Waals surface area contributed by atoms with Gasteiger partial charge in [0.25, 0.3) is 0 Å². The molecule has 4 rings (SSSR count). The Kier molecular flexibility index (Phi) is 5.28. The van der Waals surface area contributed by atoms with E-state index in [0.29, 0.717) is 43.2 Å². The van der Waals surface area contributed by atoms with E-state index in [4.69, 9.17) is 9.47 Å². The molecule has 2 aromatic rings. The van der Waals surface area contributed by atoms with Gasteiger partial charge in [-0.25, -0.2) is 0 Å². The lowest BCUT2D eigenvalue weighted by atomic mass is 9.73. The zero-order chi connectivity index (χ0) is 21.4. The monoisotopic (exact) mass is 408 g/mol. The third kappa shape index (κ3) is 3.56. The van der Waals surface area contributed by atoms with E-state index in [0.717, 1.165) is 5.56 Å². The zero-order valence-corrected chi connectivity index (χ0v) is 17.7. The molecule has 0 atom stereocenters. The lowest BCUT2D eigenvalue weighted by molar-refractivity contribution is -0.127. The van der Waals surface area contributed by atoms with E-state index in [-0.39, 0.29) is 18.4 Å². The molecule has 1 saturated heterocycles. The van der Waals surface area contributed by atoms with Crippen molar-refractivity contribution in [3.05, 3.63) is 54.1 Å². The quantitative estimate of drug-likeness (QED) is 0.840. The number of fused-ring (bicyclic) bond motifs is 1. The molecular formula is C24H28N2O4. The Balaban J connectivity index is 1.62. The van der Waals surface area contributed by atoms with Crippen LogP contribution in [-0.2, 0) is 19.7 Å². The maximum absolute atomic E-state index is 13.5. The van der Waals surface area contributed by atoms with Gasteiger partial charge in [-0.2, -0.15) is 0 Å². The van der Waals surface area contributed by atoms with Gasteiger partial charge >= 0.3 is 0 Å². The number of anilines is 2. The van der Waals surface area contributed by atoms with Gasteiger partial charge in [0.2, 0.25) is 11.8 Å². The topological polar surface area (TPSA) is 67.9 Å². The SMILES string of the molecule is CN1C(=O)C(C)(C)COc2cc(NC(=O)C3(c4ccccc4)CCOCC3)ccc21. The minimum Gasteiger partial charge on any atom is -0.490 e. The van der Waals surface area contributed by atoms with Gasteiger partial charge in [-0.3, -0.25) is 9.59 Å². The highest BCUT2D eigenvalue weighted by Crippen LogP contribution is 2.39. The van der Waals surface area contributed by atoms with Crippen molar-refractivity contribution >= 4 is 23.2 Å². The molecular weight excluding hydrogens is 380 g/mol. The summed E-state index contributed by atoms with van der Waals surface area (Å²) in [5.74, 6) is 0.550. The summed E-state index contributed by atoms with van der Waals surface area (Å²) in [5.41, 5.74) is 1.12. The smallest absolute Gasteiger partial charge is 0.235 e. The van der Waals surface area contributed by atoms with E-state index in [1.165, 1.54) is 0 Å². The molecule has 0 aromatic heterocycles. The van der Waals surface area contributed by atoms with Crippen LogP contribution in [0, 0.1) is 5.41 Å². The molecule has 2 amide bonds. The van der Waals surface area contributed by atoms with Gasteiger partial charge in [-0.15, -0.1) is 0 Å². The minimum atomic E-state index is -0.623. The van der Waals surface area contributed by atoms with E-state index in [1.807, 2.05) is 56.3 Å². The number of nitrogens with one attached hydrogen (secondary N) is 1. The first-order valence-electron chi connectivity index (χ1n) is 10.3. The molecule has 0 radical (unpaired) electrons. The highest BCUT2D eigenvalue weighted by molar-refractivity contribution is 6.01. The lowest BCUT2D eigenvalue weighted by Crippen LogP contribution is -2.44. The maximum atomic E-state index is 13.5. The van der Waals surface area contributed by atoms with Crippen LogP contribution >= 0.6 is 0 Å². The molecule has 0 aliphatic carbocycles. The number of amides is 2. The van der Waals surface area contributed by atoms with E-state index < -0.39 is 10.8 Å². The number of carbonyl (C=O) groups excluding carboxylic acids is 2. The number of rotatable bonds is 3. The Bertz CT molecular complexity index is 949. The van der Waals surface area contributed by atoms with E-state index in [2.05, 4.69) is 5.32 Å². The van der Waals surface area contributed by atoms with Crippen molar-refractivity contribution < 1.29 is 19.1 Å². The van der Waals surface area contributed by atoms with Crippen molar-refractivity contribution in [2.45, 2.75) is 32.1 Å². The van der Waals surface area contributed by atoms with Crippen LogP contribution in [0.3, 0.4) is 0 Å². The molecule has 2 aliphatic rings. The molecule has 1 fully saturated rings. The Morgan fingerprint density at radius 2 is 1.77 bits per heavy atom. The van der Waals surface area contributed by atoms with Crippen molar-refractivity contribution in [2.75, 3.05) is 37.1 Å². The molecule has 2 aromatic carbocycles. The molecule has 0 saturated carbocycles. The molecule has 1 N–H and O–H groups in total. The van der Waals surface area contributed by atoms with Gasteiger partial charge in [0.1, 0.15) is 12.4 Å². The molecule has 0 bridgehead atoms. The lowest BCUT2D eigenvalue weighted by Gasteiger charge is -2.36. The second-order valence-electron chi connectivity index (χ2n) is 8.73. The minimum absolute atomic E-state index is 0.00303. The van der Waals surface area contributed by atoms with Crippen LogP contribution < -0.4 is 15.0 Å². The van der Waals surface area contributed by atoms with Gasteiger partial charge in [0, 0.05) is 32.0 Å². The normalized spacial score (nSPS) is 20.0. The Labute approximate surface area is 177 Å². The third-order valence-corrected chi connectivity index (χ3v) is 6.16. The van der Waals surface area contributed by atoms with Gasteiger partial charge in [0.05, 0.1) is 16.5 Å². The van der Waals surface area contributed by atoms with Crippen LogP contribution in [0.2, 0.25) is 0 Å². The first-order valence-corrected chi connectivity index (χ1v) is 10.3. The molecule has 2 heterocycles. The highest BCUT2D eigenvalue weighted by atomic mass is 16.5. The van der Waals surface area contributed by atoms with Gasteiger partial charge in [0.15, 0.2) is 0 Å². The fourth-order valence-electron chi connectivity index (χ4n) is 4.24. The van der Waals surface area contributed by atoms with Gasteiger partial charge in [-0.05, 0) is 44.4 Å². The molecule has 6 nitrogen and oxygen atoms in total. The predicted molar refractivity (Wildman–Crippen MR) is 116 cm³/mol. The van der Waals surface area contributed by atoms with Gasteiger partial charge in [-0.1, -0.05) is 30.3 Å². The van der Waals surface area contributed by atoms with Gasteiger partial charge < -0.3 is 19.7 Å². The number of nitrogens with zero attached hydrogens (tertiary/aromatic N) is 1. The first-order chi connectivity index (χ1) is 14.3.